The molecular weight excluding hydrogens is 316 g/mol. The van der Waals surface area contributed by atoms with E-state index in [1.165, 1.54) is 5.56 Å². The van der Waals surface area contributed by atoms with Crippen LogP contribution < -0.4 is 9.47 Å². The van der Waals surface area contributed by atoms with Gasteiger partial charge in [0, 0.05) is 0 Å². The van der Waals surface area contributed by atoms with Gasteiger partial charge in [-0.2, -0.15) is 0 Å². The summed E-state index contributed by atoms with van der Waals surface area (Å²) in [7, 11) is 3.10. The van der Waals surface area contributed by atoms with Crippen molar-refractivity contribution in [2.24, 2.45) is 0 Å². The van der Waals surface area contributed by atoms with E-state index in [0.717, 1.165) is 5.56 Å². The molecule has 4 heteroatoms. The summed E-state index contributed by atoms with van der Waals surface area (Å²) in [6, 6.07) is 13.4. The van der Waals surface area contributed by atoms with Gasteiger partial charge < -0.3 is 14.6 Å². The van der Waals surface area contributed by atoms with Crippen LogP contribution in [0.4, 0.5) is 0 Å². The first kappa shape index (κ1) is 18.8. The maximum absolute atomic E-state index is 11.8. The van der Waals surface area contributed by atoms with Crippen molar-refractivity contribution in [2.75, 3.05) is 14.2 Å². The van der Waals surface area contributed by atoms with E-state index < -0.39 is 11.9 Å². The van der Waals surface area contributed by atoms with Gasteiger partial charge in [-0.3, -0.25) is 4.79 Å². The zero-order chi connectivity index (χ0) is 18.6. The minimum atomic E-state index is -0.855. The average molecular weight is 342 g/mol. The van der Waals surface area contributed by atoms with Crippen LogP contribution >= 0.6 is 0 Å². The van der Waals surface area contributed by atoms with Crippen LogP contribution in [-0.2, 0) is 16.6 Å². The summed E-state index contributed by atoms with van der Waals surface area (Å²) in [5.41, 5.74) is 3.00. The molecule has 0 aliphatic carbocycles. The van der Waals surface area contributed by atoms with Crippen LogP contribution in [-0.4, -0.2) is 25.3 Å². The summed E-state index contributed by atoms with van der Waals surface area (Å²) >= 11 is 0. The smallest absolute Gasteiger partial charge is 0.311 e. The first-order valence-corrected chi connectivity index (χ1v) is 8.30. The van der Waals surface area contributed by atoms with Crippen molar-refractivity contribution in [1.29, 1.82) is 0 Å². The van der Waals surface area contributed by atoms with Gasteiger partial charge in [0.15, 0.2) is 11.5 Å². The molecule has 4 nitrogen and oxygen atoms in total. The number of hydrogen-bond acceptors (Lipinski definition) is 3. The van der Waals surface area contributed by atoms with E-state index in [9.17, 15) is 9.90 Å². The summed E-state index contributed by atoms with van der Waals surface area (Å²) in [5, 5.41) is 9.69. The zero-order valence-electron chi connectivity index (χ0n) is 15.5. The number of methoxy groups -OCH3 is 2. The number of benzene rings is 2. The van der Waals surface area contributed by atoms with Gasteiger partial charge in [-0.25, -0.2) is 0 Å². The molecule has 0 radical (unpaired) electrons. The molecule has 0 spiro atoms. The van der Waals surface area contributed by atoms with Crippen LogP contribution in [0.15, 0.2) is 42.5 Å². The minimum Gasteiger partial charge on any atom is -0.493 e. The molecule has 0 heterocycles. The Morgan fingerprint density at radius 2 is 1.60 bits per heavy atom. The molecule has 0 saturated heterocycles. The van der Waals surface area contributed by atoms with E-state index in [1.54, 1.807) is 32.4 Å². The quantitative estimate of drug-likeness (QED) is 0.845. The molecule has 1 atom stereocenters. The fourth-order valence-corrected chi connectivity index (χ4v) is 2.79. The number of carbonyl (C=O) groups is 1. The predicted octanol–water partition coefficient (Wildman–Crippen LogP) is 4.41. The fraction of sp³-hybridized carbons (Fsp3) is 0.381. The molecule has 0 saturated carbocycles. The van der Waals surface area contributed by atoms with Gasteiger partial charge in [0.1, 0.15) is 0 Å². The second-order valence-corrected chi connectivity index (χ2v) is 7.16. The summed E-state index contributed by atoms with van der Waals surface area (Å²) in [4.78, 5) is 11.8. The molecule has 2 aromatic carbocycles. The lowest BCUT2D eigenvalue weighted by Gasteiger charge is -2.20. The maximum Gasteiger partial charge on any atom is 0.311 e. The second-order valence-electron chi connectivity index (χ2n) is 7.16. The lowest BCUT2D eigenvalue weighted by atomic mass is 9.85. The lowest BCUT2D eigenvalue weighted by Crippen LogP contribution is -2.15. The van der Waals surface area contributed by atoms with Crippen LogP contribution in [0.1, 0.15) is 43.4 Å². The third kappa shape index (κ3) is 4.53. The topological polar surface area (TPSA) is 55.8 Å². The van der Waals surface area contributed by atoms with E-state index in [4.69, 9.17) is 9.47 Å². The number of hydrogen-bond donors (Lipinski definition) is 1. The molecule has 0 fully saturated rings. The first-order valence-electron chi connectivity index (χ1n) is 8.30. The monoisotopic (exact) mass is 342 g/mol. The molecule has 0 aliphatic heterocycles. The molecule has 25 heavy (non-hydrogen) atoms. The van der Waals surface area contributed by atoms with Gasteiger partial charge in [-0.1, -0.05) is 51.1 Å². The Morgan fingerprint density at radius 3 is 2.08 bits per heavy atom. The summed E-state index contributed by atoms with van der Waals surface area (Å²) in [6.07, 6.45) is 0.426. The van der Waals surface area contributed by atoms with Crippen molar-refractivity contribution in [3.8, 4) is 11.5 Å². The molecule has 2 rings (SSSR count). The highest BCUT2D eigenvalue weighted by molar-refractivity contribution is 5.77. The summed E-state index contributed by atoms with van der Waals surface area (Å²) in [5.74, 6) is -0.369. The Labute approximate surface area is 149 Å². The Hall–Kier alpha value is -2.49. The first-order chi connectivity index (χ1) is 11.8. The number of carboxylic acids is 1. The molecule has 1 N–H and O–H groups in total. The average Bonchev–Trinajstić information content (AvgIpc) is 2.58. The molecule has 0 aromatic heterocycles. The largest absolute Gasteiger partial charge is 0.493 e. The summed E-state index contributed by atoms with van der Waals surface area (Å²) in [6.45, 7) is 6.48. The van der Waals surface area contributed by atoms with Crippen molar-refractivity contribution in [3.05, 3.63) is 59.2 Å². The molecule has 2 aromatic rings. The zero-order valence-corrected chi connectivity index (χ0v) is 15.5. The van der Waals surface area contributed by atoms with Crippen LogP contribution in [0.25, 0.3) is 0 Å². The van der Waals surface area contributed by atoms with Crippen LogP contribution in [0.2, 0.25) is 0 Å². The third-order valence-corrected chi connectivity index (χ3v) is 4.37. The Kier molecular flexibility index (Phi) is 5.73. The SMILES string of the molecule is COc1ccc(C(Cc2ccc(C(C)(C)C)cc2)C(=O)O)cc1OC. The van der Waals surface area contributed by atoms with Crippen LogP contribution in [0, 0.1) is 0 Å². The minimum absolute atomic E-state index is 0.0775. The maximum atomic E-state index is 11.8. The Bertz CT molecular complexity index is 727. The molecule has 0 aliphatic rings. The van der Waals surface area contributed by atoms with Gasteiger partial charge in [-0.15, -0.1) is 0 Å². The standard InChI is InChI=1S/C21H26O4/c1-21(2,3)16-9-6-14(7-10-16)12-17(20(22)23)15-8-11-18(24-4)19(13-15)25-5/h6-11,13,17H,12H2,1-5H3,(H,22,23). The third-order valence-electron chi connectivity index (χ3n) is 4.37. The number of carboxylic acid groups (broad SMARTS) is 1. The van der Waals surface area contributed by atoms with E-state index in [1.807, 2.05) is 12.1 Å². The van der Waals surface area contributed by atoms with E-state index >= 15 is 0 Å². The lowest BCUT2D eigenvalue weighted by molar-refractivity contribution is -0.138. The summed E-state index contributed by atoms with van der Waals surface area (Å²) < 4.78 is 10.5. The van der Waals surface area contributed by atoms with Gasteiger partial charge in [0.05, 0.1) is 20.1 Å². The predicted molar refractivity (Wildman–Crippen MR) is 98.8 cm³/mol. The van der Waals surface area contributed by atoms with Crippen molar-refractivity contribution < 1.29 is 19.4 Å². The van der Waals surface area contributed by atoms with Gasteiger partial charge >= 0.3 is 5.97 Å². The molecule has 1 unspecified atom stereocenters. The van der Waals surface area contributed by atoms with E-state index in [0.29, 0.717) is 23.5 Å². The number of ether oxygens (including phenoxy) is 2. The number of rotatable bonds is 6. The van der Waals surface area contributed by atoms with E-state index in [2.05, 4.69) is 32.9 Å². The molecule has 0 bridgehead atoms. The van der Waals surface area contributed by atoms with Crippen LogP contribution in [0.5, 0.6) is 11.5 Å². The Balaban J connectivity index is 2.29. The number of aliphatic carboxylic acids is 1. The highest BCUT2D eigenvalue weighted by Gasteiger charge is 2.22. The van der Waals surface area contributed by atoms with Crippen molar-refractivity contribution in [3.63, 3.8) is 0 Å². The Morgan fingerprint density at radius 1 is 1.00 bits per heavy atom. The molecular formula is C21H26O4. The van der Waals surface area contributed by atoms with Crippen molar-refractivity contribution in [1.82, 2.24) is 0 Å². The van der Waals surface area contributed by atoms with Crippen LogP contribution in [0.3, 0.4) is 0 Å². The van der Waals surface area contributed by atoms with E-state index in [-0.39, 0.29) is 5.41 Å². The van der Waals surface area contributed by atoms with Gasteiger partial charge in [0.25, 0.3) is 0 Å². The molecule has 0 amide bonds. The van der Waals surface area contributed by atoms with Crippen molar-refractivity contribution in [2.45, 2.75) is 38.5 Å². The molecule has 134 valence electrons. The van der Waals surface area contributed by atoms with Gasteiger partial charge in [-0.05, 0) is 40.7 Å². The second kappa shape index (κ2) is 7.60. The fourth-order valence-electron chi connectivity index (χ4n) is 2.79. The highest BCUT2D eigenvalue weighted by atomic mass is 16.5. The van der Waals surface area contributed by atoms with Crippen molar-refractivity contribution >= 4 is 5.97 Å². The normalized spacial score (nSPS) is 12.5. The highest BCUT2D eigenvalue weighted by Crippen LogP contribution is 2.32. The van der Waals surface area contributed by atoms with Gasteiger partial charge in [0.2, 0.25) is 0 Å².